The van der Waals surface area contributed by atoms with E-state index in [0.29, 0.717) is 11.3 Å². The van der Waals surface area contributed by atoms with Gasteiger partial charge in [-0.3, -0.25) is 0 Å². The lowest BCUT2D eigenvalue weighted by Gasteiger charge is -2.39. The average Bonchev–Trinajstić information content (AvgIpc) is 3.21. The Bertz CT molecular complexity index is 1820. The molecule has 7 aromatic carbocycles. The van der Waals surface area contributed by atoms with Crippen LogP contribution >= 0.6 is 34.8 Å². The minimum absolute atomic E-state index is 0.535. The molecule has 3 nitrogen and oxygen atoms in total. The lowest BCUT2D eigenvalue weighted by Crippen LogP contribution is -2.75. The van der Waals surface area contributed by atoms with Crippen molar-refractivity contribution in [2.75, 3.05) is 0 Å². The first-order valence-corrected chi connectivity index (χ1v) is 23.3. The molecule has 9 heteroatoms. The van der Waals surface area contributed by atoms with Gasteiger partial charge in [-0.25, -0.2) is 0 Å². The quantitative estimate of drug-likeness (QED) is 0.0743. The molecular weight excluding hydrogens is 754 g/mol. The molecule has 0 bridgehead atoms. The summed E-state index contributed by atoms with van der Waals surface area (Å²) in [5.74, 6) is 0.559. The average molecular weight is 788 g/mol. The smallest absolute Gasteiger partial charge is 0.599 e. The van der Waals surface area contributed by atoms with Gasteiger partial charge in [0.05, 0.1) is 5.75 Å². The molecule has 0 heterocycles. The molecule has 256 valence electrons. The number of hydrogen-bond donors (Lipinski definition) is 0. The highest BCUT2D eigenvalue weighted by atomic mass is 35.6. The van der Waals surface area contributed by atoms with Crippen LogP contribution in [0.5, 0.6) is 5.75 Å². The maximum Gasteiger partial charge on any atom is 0.980 e. The van der Waals surface area contributed by atoms with Crippen LogP contribution in [0.25, 0.3) is 0 Å². The molecule has 0 radical (unpaired) electrons. The molecule has 0 unspecified atom stereocenters. The van der Waals surface area contributed by atoms with Gasteiger partial charge in [0.2, 0.25) is 3.79 Å². The molecule has 0 amide bonds. The van der Waals surface area contributed by atoms with Crippen LogP contribution in [0, 0.1) is 0 Å². The van der Waals surface area contributed by atoms with Gasteiger partial charge in [-0.2, -0.15) is 0 Å². The summed E-state index contributed by atoms with van der Waals surface area (Å²) >= 11 is 15.5. The standard InChI is InChI=1S/2C18H15OSi.C7H5Cl3O.Al/c2*19-20(16-10-4-1-5-11-16,17-12-6-2-7-13-17)18-14-8-3-9-15-18;8-7(9,10)5-1-3-6(11)4-2-5;/h2*1-15H;1-4,11H;/q2*-1;;+3/p-1. The SMILES string of the molecule is ClC(Cl)(Cl)c1ccc([O][Al]([O][Si](c2ccccc2)(c2ccccc2)c2ccccc2)[O][Si](c2ccccc2)(c2ccccc2)c2ccccc2)cc1. The van der Waals surface area contributed by atoms with E-state index in [9.17, 15) is 0 Å². The number of rotatable bonds is 12. The summed E-state index contributed by atoms with van der Waals surface area (Å²) in [5, 5.41) is 6.47. The summed E-state index contributed by atoms with van der Waals surface area (Å²) in [5.41, 5.74) is 0.535. The van der Waals surface area contributed by atoms with E-state index < -0.39 is 35.6 Å². The van der Waals surface area contributed by atoms with E-state index in [1.54, 1.807) is 12.1 Å². The highest BCUT2D eigenvalue weighted by Gasteiger charge is 2.56. The predicted octanol–water partition coefficient (Wildman–Crippen LogP) is 7.24. The van der Waals surface area contributed by atoms with Crippen LogP contribution in [0.1, 0.15) is 5.56 Å². The molecule has 0 aliphatic rings. The van der Waals surface area contributed by atoms with Gasteiger partial charge in [0.25, 0.3) is 16.6 Å². The second kappa shape index (κ2) is 16.4. The maximum absolute atomic E-state index is 7.81. The number of benzene rings is 7. The molecule has 0 fully saturated rings. The monoisotopic (exact) mass is 786 g/mol. The van der Waals surface area contributed by atoms with Gasteiger partial charge in [-0.15, -0.1) is 0 Å². The van der Waals surface area contributed by atoms with Crippen molar-refractivity contribution in [1.82, 2.24) is 0 Å². The van der Waals surface area contributed by atoms with Gasteiger partial charge in [-0.1, -0.05) is 229 Å². The lowest BCUT2D eigenvalue weighted by molar-refractivity contribution is 0.312. The molecule has 0 spiro atoms. The Kier molecular flexibility index (Phi) is 11.5. The number of hydrogen-bond acceptors (Lipinski definition) is 3. The molecule has 0 aromatic heterocycles. The van der Waals surface area contributed by atoms with Crippen LogP contribution in [-0.2, 0) is 10.7 Å². The van der Waals surface area contributed by atoms with Crippen LogP contribution in [0.3, 0.4) is 0 Å². The second-order valence-electron chi connectivity index (χ2n) is 12.2. The fourth-order valence-electron chi connectivity index (χ4n) is 6.64. The van der Waals surface area contributed by atoms with Crippen LogP contribution in [-0.4, -0.2) is 31.8 Å². The molecular formula is C43H34AlCl3O3Si2. The van der Waals surface area contributed by atoms with Crippen LogP contribution in [0.4, 0.5) is 0 Å². The Hall–Kier alpha value is -3.90. The van der Waals surface area contributed by atoms with Gasteiger partial charge in [0.15, 0.2) is 0 Å². The Morgan fingerprint density at radius 3 is 0.827 bits per heavy atom. The first-order valence-electron chi connectivity index (χ1n) is 16.9. The summed E-state index contributed by atoms with van der Waals surface area (Å²) in [7, 11) is -6.63. The molecule has 52 heavy (non-hydrogen) atoms. The highest BCUT2D eigenvalue weighted by Crippen LogP contribution is 2.38. The van der Waals surface area contributed by atoms with Crippen molar-refractivity contribution >= 4 is 97.7 Å². The third-order valence-corrected chi connectivity index (χ3v) is 21.4. The Labute approximate surface area is 327 Å². The van der Waals surface area contributed by atoms with Gasteiger partial charge in [0, 0.05) is 5.56 Å². The maximum atomic E-state index is 7.81. The largest absolute Gasteiger partial charge is 0.980 e. The van der Waals surface area contributed by atoms with Crippen molar-refractivity contribution in [1.29, 1.82) is 0 Å². The van der Waals surface area contributed by atoms with E-state index in [0.717, 1.165) is 31.1 Å². The molecule has 7 rings (SSSR count). The molecule has 0 atom stereocenters. The summed E-state index contributed by atoms with van der Waals surface area (Å²) < 4.78 is 21.1. The normalized spacial score (nSPS) is 11.9. The first kappa shape index (κ1) is 36.5. The van der Waals surface area contributed by atoms with Crippen LogP contribution < -0.4 is 34.9 Å². The molecule has 0 saturated carbocycles. The zero-order valence-corrected chi connectivity index (χ0v) is 33.5. The van der Waals surface area contributed by atoms with E-state index in [-0.39, 0.29) is 0 Å². The van der Waals surface area contributed by atoms with Crippen LogP contribution in [0.2, 0.25) is 0 Å². The Morgan fingerprint density at radius 1 is 0.346 bits per heavy atom. The molecule has 7 aromatic rings. The van der Waals surface area contributed by atoms with Gasteiger partial charge in [0.1, 0.15) is 0 Å². The zero-order chi connectivity index (χ0) is 35.9. The topological polar surface area (TPSA) is 27.7 Å². The number of halogens is 3. The van der Waals surface area contributed by atoms with Crippen molar-refractivity contribution in [3.8, 4) is 5.75 Å². The minimum atomic E-state index is -3.31. The van der Waals surface area contributed by atoms with Crippen LogP contribution in [0.15, 0.2) is 206 Å². The van der Waals surface area contributed by atoms with Crippen molar-refractivity contribution in [2.45, 2.75) is 3.79 Å². The zero-order valence-electron chi connectivity index (χ0n) is 28.1. The summed E-state index contributed by atoms with van der Waals surface area (Å²) in [4.78, 5) is 0. The van der Waals surface area contributed by atoms with Crippen molar-refractivity contribution in [3.63, 3.8) is 0 Å². The lowest BCUT2D eigenvalue weighted by atomic mass is 10.2. The van der Waals surface area contributed by atoms with Gasteiger partial charge < -0.3 is 10.7 Å². The van der Waals surface area contributed by atoms with Crippen molar-refractivity contribution in [2.24, 2.45) is 0 Å². The first-order chi connectivity index (χ1) is 25.4. The van der Waals surface area contributed by atoms with Crippen molar-refractivity contribution < 1.29 is 10.7 Å². The van der Waals surface area contributed by atoms with Gasteiger partial charge >= 0.3 is 15.1 Å². The van der Waals surface area contributed by atoms with Gasteiger partial charge in [-0.05, 0) is 43.3 Å². The molecule has 0 aliphatic heterocycles. The fraction of sp³-hybridized carbons (Fsp3) is 0.0233. The fourth-order valence-corrected chi connectivity index (χ4v) is 20.0. The second-order valence-corrected chi connectivity index (χ2v) is 23.4. The summed E-state index contributed by atoms with van der Waals surface area (Å²) in [6.45, 7) is 0. The van der Waals surface area contributed by atoms with E-state index >= 15 is 0 Å². The highest BCUT2D eigenvalue weighted by molar-refractivity contribution is 7.11. The van der Waals surface area contributed by atoms with E-state index in [1.807, 2.05) is 48.5 Å². The molecule has 0 aliphatic carbocycles. The van der Waals surface area contributed by atoms with E-state index in [2.05, 4.69) is 146 Å². The van der Waals surface area contributed by atoms with E-state index in [1.165, 1.54) is 0 Å². The van der Waals surface area contributed by atoms with Crippen molar-refractivity contribution in [3.05, 3.63) is 212 Å². The Morgan fingerprint density at radius 2 is 0.596 bits per heavy atom. The third-order valence-electron chi connectivity index (χ3n) is 9.04. The summed E-state index contributed by atoms with van der Waals surface area (Å²) in [6.07, 6.45) is 0. The summed E-state index contributed by atoms with van der Waals surface area (Å²) in [6, 6.07) is 70.0. The van der Waals surface area contributed by atoms with E-state index in [4.69, 9.17) is 45.5 Å². The number of alkyl halides is 3. The predicted molar refractivity (Wildman–Crippen MR) is 222 cm³/mol. The minimum Gasteiger partial charge on any atom is -0.599 e. The third kappa shape index (κ3) is 7.73. The Balaban J connectivity index is 1.48. The molecule has 0 saturated heterocycles. The molecule has 0 N–H and O–H groups in total.